The molecule has 0 radical (unpaired) electrons. The van der Waals surface area contributed by atoms with Crippen molar-refractivity contribution >= 4 is 34.8 Å². The second-order valence-corrected chi connectivity index (χ2v) is 9.49. The first kappa shape index (κ1) is 28.1. The van der Waals surface area contributed by atoms with E-state index in [4.69, 9.17) is 11.6 Å². The fourth-order valence-corrected chi connectivity index (χ4v) is 4.11. The van der Waals surface area contributed by atoms with Gasteiger partial charge in [0.2, 0.25) is 5.78 Å². The van der Waals surface area contributed by atoms with Crippen LogP contribution in [-0.2, 0) is 0 Å². The third kappa shape index (κ3) is 6.76. The summed E-state index contributed by atoms with van der Waals surface area (Å²) in [4.78, 5) is 25.8. The van der Waals surface area contributed by atoms with E-state index in [0.717, 1.165) is 11.3 Å². The van der Waals surface area contributed by atoms with Gasteiger partial charge in [-0.15, -0.1) is 6.58 Å². The SMILES string of the molecule is C=CCNc1ccc(C(=O)NCCCNc2c(C#N)c(C(=O)c3ccc(C)cc3)nn2-c2ccc(Cl)cc2)cc1. The van der Waals surface area contributed by atoms with Gasteiger partial charge in [0.15, 0.2) is 5.69 Å². The number of amides is 1. The summed E-state index contributed by atoms with van der Waals surface area (Å²) >= 11 is 6.07. The monoisotopic (exact) mass is 552 g/mol. The van der Waals surface area contributed by atoms with Gasteiger partial charge < -0.3 is 16.0 Å². The number of hydrogen-bond donors (Lipinski definition) is 3. The molecule has 202 valence electrons. The van der Waals surface area contributed by atoms with E-state index >= 15 is 0 Å². The molecule has 0 aliphatic rings. The number of carbonyl (C=O) groups excluding carboxylic acids is 2. The van der Waals surface area contributed by atoms with Crippen LogP contribution in [0.25, 0.3) is 5.69 Å². The van der Waals surface area contributed by atoms with Crippen LogP contribution >= 0.6 is 11.6 Å². The third-order valence-electron chi connectivity index (χ3n) is 6.13. The zero-order valence-electron chi connectivity index (χ0n) is 22.1. The van der Waals surface area contributed by atoms with Crippen molar-refractivity contribution in [2.45, 2.75) is 13.3 Å². The lowest BCUT2D eigenvalue weighted by Crippen LogP contribution is -2.26. The number of nitriles is 1. The van der Waals surface area contributed by atoms with Crippen molar-refractivity contribution in [3.8, 4) is 11.8 Å². The van der Waals surface area contributed by atoms with Crippen molar-refractivity contribution in [3.05, 3.63) is 118 Å². The van der Waals surface area contributed by atoms with Gasteiger partial charge in [-0.1, -0.05) is 47.5 Å². The normalized spacial score (nSPS) is 10.4. The maximum Gasteiger partial charge on any atom is 0.251 e. The zero-order chi connectivity index (χ0) is 28.5. The average molecular weight is 553 g/mol. The maximum atomic E-state index is 13.3. The number of carbonyl (C=O) groups is 2. The van der Waals surface area contributed by atoms with Crippen LogP contribution in [0.2, 0.25) is 5.02 Å². The van der Waals surface area contributed by atoms with Crippen LogP contribution in [-0.4, -0.2) is 41.1 Å². The van der Waals surface area contributed by atoms with Crippen LogP contribution in [0.1, 0.15) is 44.0 Å². The average Bonchev–Trinajstić information content (AvgIpc) is 3.34. The number of halogens is 1. The van der Waals surface area contributed by atoms with Crippen molar-refractivity contribution < 1.29 is 9.59 Å². The van der Waals surface area contributed by atoms with Crippen LogP contribution in [0.4, 0.5) is 11.5 Å². The Bertz CT molecular complexity index is 1540. The van der Waals surface area contributed by atoms with Crippen molar-refractivity contribution in [2.75, 3.05) is 30.3 Å². The fraction of sp³-hybridized carbons (Fsp3) is 0.161. The topological polar surface area (TPSA) is 112 Å². The lowest BCUT2D eigenvalue weighted by atomic mass is 10.0. The van der Waals surface area contributed by atoms with Crippen molar-refractivity contribution in [2.24, 2.45) is 0 Å². The van der Waals surface area contributed by atoms with E-state index in [1.54, 1.807) is 54.6 Å². The quantitative estimate of drug-likeness (QED) is 0.117. The highest BCUT2D eigenvalue weighted by Crippen LogP contribution is 2.26. The van der Waals surface area contributed by atoms with E-state index in [2.05, 4.69) is 33.7 Å². The molecule has 1 amide bonds. The van der Waals surface area contributed by atoms with Gasteiger partial charge in [0, 0.05) is 41.5 Å². The number of ketones is 1. The minimum Gasteiger partial charge on any atom is -0.382 e. The first-order valence-corrected chi connectivity index (χ1v) is 13.2. The molecule has 0 saturated heterocycles. The summed E-state index contributed by atoms with van der Waals surface area (Å²) in [5.74, 6) is -0.121. The third-order valence-corrected chi connectivity index (χ3v) is 6.38. The number of rotatable bonds is 12. The van der Waals surface area contributed by atoms with E-state index < -0.39 is 0 Å². The first-order valence-electron chi connectivity index (χ1n) is 12.8. The molecular formula is C31H29ClN6O2. The van der Waals surface area contributed by atoms with Crippen molar-refractivity contribution in [1.82, 2.24) is 15.1 Å². The number of nitrogens with zero attached hydrogens (tertiary/aromatic N) is 3. The number of nitrogens with one attached hydrogen (secondary N) is 3. The van der Waals surface area contributed by atoms with Gasteiger partial charge >= 0.3 is 0 Å². The lowest BCUT2D eigenvalue weighted by molar-refractivity contribution is 0.0952. The molecule has 1 heterocycles. The summed E-state index contributed by atoms with van der Waals surface area (Å²) < 4.78 is 1.54. The summed E-state index contributed by atoms with van der Waals surface area (Å²) in [6.07, 6.45) is 2.34. The van der Waals surface area contributed by atoms with Gasteiger partial charge in [-0.05, 0) is 61.9 Å². The highest BCUT2D eigenvalue weighted by molar-refractivity contribution is 6.30. The number of benzene rings is 3. The Morgan fingerprint density at radius 2 is 1.65 bits per heavy atom. The molecule has 0 aliphatic carbocycles. The molecule has 0 aliphatic heterocycles. The van der Waals surface area contributed by atoms with E-state index in [1.807, 2.05) is 31.2 Å². The Balaban J connectivity index is 1.46. The van der Waals surface area contributed by atoms with Crippen LogP contribution in [0, 0.1) is 18.3 Å². The minimum atomic E-state index is -0.342. The summed E-state index contributed by atoms with van der Waals surface area (Å²) in [5.41, 5.74) is 3.79. The number of aromatic nitrogens is 2. The molecule has 0 fully saturated rings. The smallest absolute Gasteiger partial charge is 0.251 e. The molecule has 8 nitrogen and oxygen atoms in total. The molecule has 0 atom stereocenters. The summed E-state index contributed by atoms with van der Waals surface area (Å²) in [5, 5.41) is 24.4. The second kappa shape index (κ2) is 13.3. The van der Waals surface area contributed by atoms with E-state index in [9.17, 15) is 14.9 Å². The van der Waals surface area contributed by atoms with Crippen molar-refractivity contribution in [1.29, 1.82) is 5.26 Å². The molecule has 40 heavy (non-hydrogen) atoms. The Kier molecular flexibility index (Phi) is 9.34. The molecule has 1 aromatic heterocycles. The molecule has 0 spiro atoms. The molecule has 0 saturated carbocycles. The lowest BCUT2D eigenvalue weighted by Gasteiger charge is -2.11. The Labute approximate surface area is 238 Å². The first-order chi connectivity index (χ1) is 19.4. The minimum absolute atomic E-state index is 0.0585. The number of aryl methyl sites for hydroxylation is 1. The predicted molar refractivity (Wildman–Crippen MR) is 158 cm³/mol. The van der Waals surface area contributed by atoms with Crippen LogP contribution in [0.3, 0.4) is 0 Å². The van der Waals surface area contributed by atoms with Gasteiger partial charge in [-0.3, -0.25) is 9.59 Å². The fourth-order valence-electron chi connectivity index (χ4n) is 3.99. The van der Waals surface area contributed by atoms with Gasteiger partial charge in [0.1, 0.15) is 17.5 Å². The summed E-state index contributed by atoms with van der Waals surface area (Å²) in [6, 6.07) is 23.5. The molecule has 9 heteroatoms. The largest absolute Gasteiger partial charge is 0.382 e. The van der Waals surface area contributed by atoms with Gasteiger partial charge in [0.25, 0.3) is 5.91 Å². The second-order valence-electron chi connectivity index (χ2n) is 9.05. The van der Waals surface area contributed by atoms with Gasteiger partial charge in [-0.2, -0.15) is 10.4 Å². The molecule has 3 aromatic carbocycles. The van der Waals surface area contributed by atoms with Gasteiger partial charge in [0.05, 0.1) is 5.69 Å². The predicted octanol–water partition coefficient (Wildman–Crippen LogP) is 5.77. The Morgan fingerprint density at radius 1 is 0.975 bits per heavy atom. The standard InChI is InChI=1S/C31H29ClN6O2/c1-3-17-34-25-13-9-23(10-14-25)31(40)36-19-4-18-35-30-27(20-33)28(29(39)22-7-5-21(2)6-8-22)37-38(30)26-15-11-24(32)12-16-26/h3,5-16,34-35H,1,4,17-19H2,2H3,(H,36,40). The Morgan fingerprint density at radius 3 is 2.30 bits per heavy atom. The summed E-state index contributed by atoms with van der Waals surface area (Å²) in [7, 11) is 0. The summed E-state index contributed by atoms with van der Waals surface area (Å²) in [6.45, 7) is 7.09. The van der Waals surface area contributed by atoms with Crippen LogP contribution in [0.15, 0.2) is 85.5 Å². The van der Waals surface area contributed by atoms with E-state index in [-0.39, 0.29) is 22.9 Å². The van der Waals surface area contributed by atoms with Crippen molar-refractivity contribution in [3.63, 3.8) is 0 Å². The zero-order valence-corrected chi connectivity index (χ0v) is 22.8. The molecule has 4 rings (SSSR count). The number of anilines is 2. The van der Waals surface area contributed by atoms with E-state index in [1.165, 1.54) is 4.68 Å². The molecule has 3 N–H and O–H groups in total. The van der Waals surface area contributed by atoms with E-state index in [0.29, 0.717) is 53.7 Å². The highest BCUT2D eigenvalue weighted by Gasteiger charge is 2.25. The van der Waals surface area contributed by atoms with Gasteiger partial charge in [-0.25, -0.2) is 4.68 Å². The highest BCUT2D eigenvalue weighted by atomic mass is 35.5. The molecule has 0 unspecified atom stereocenters. The Hall–Kier alpha value is -4.87. The maximum absolute atomic E-state index is 13.3. The van der Waals surface area contributed by atoms with Crippen LogP contribution < -0.4 is 16.0 Å². The van der Waals surface area contributed by atoms with Crippen LogP contribution in [0.5, 0.6) is 0 Å². The number of hydrogen-bond acceptors (Lipinski definition) is 6. The molecule has 4 aromatic rings. The molecule has 0 bridgehead atoms. The molecular weight excluding hydrogens is 524 g/mol.